The molecule has 1 aliphatic carbocycles. The van der Waals surface area contributed by atoms with Crippen LogP contribution in [0, 0.1) is 0 Å². The Morgan fingerprint density at radius 1 is 0.698 bits per heavy atom. The first-order valence-corrected chi connectivity index (χ1v) is 15.7. The van der Waals surface area contributed by atoms with Crippen LogP contribution in [-0.4, -0.2) is 17.8 Å². The average Bonchev–Trinajstić information content (AvgIpc) is 3.43. The lowest BCUT2D eigenvalue weighted by atomic mass is 9.82. The first-order chi connectivity index (χ1) is 20.8. The number of hydrogen-bond acceptors (Lipinski definition) is 3. The van der Waals surface area contributed by atoms with E-state index in [1.165, 1.54) is 39.5 Å². The van der Waals surface area contributed by atoms with Gasteiger partial charge in [0.15, 0.2) is 0 Å². The Balaban J connectivity index is 1.41. The predicted octanol–water partition coefficient (Wildman–Crippen LogP) is 11.2. The summed E-state index contributed by atoms with van der Waals surface area (Å²) in [7, 11) is 1.39. The number of aromatic nitrogens is 1. The van der Waals surface area contributed by atoms with Gasteiger partial charge in [0.05, 0.1) is 17.1 Å². The zero-order chi connectivity index (χ0) is 29.9. The fraction of sp³-hybridized carbons (Fsp3) is 0.108. The van der Waals surface area contributed by atoms with Crippen LogP contribution in [0.15, 0.2) is 124 Å². The molecule has 7 rings (SSSR count). The second-order valence-electron chi connectivity index (χ2n) is 11.3. The minimum atomic E-state index is -0.455. The summed E-state index contributed by atoms with van der Waals surface area (Å²) in [5.41, 5.74) is 11.3. The number of rotatable bonds is 4. The number of fused-ring (bicyclic) bond motifs is 4. The highest BCUT2D eigenvalue weighted by atomic mass is 79.9. The molecule has 0 atom stereocenters. The minimum Gasteiger partial charge on any atom is -0.452 e. The van der Waals surface area contributed by atoms with E-state index in [2.05, 4.69) is 154 Å². The molecule has 0 radical (unpaired) electrons. The molecule has 43 heavy (non-hydrogen) atoms. The summed E-state index contributed by atoms with van der Waals surface area (Å²) in [5, 5.41) is 0.898. The molecule has 6 aromatic rings. The van der Waals surface area contributed by atoms with Crippen LogP contribution in [0.3, 0.4) is 0 Å². The summed E-state index contributed by atoms with van der Waals surface area (Å²) in [6.45, 7) is 4.60. The van der Waals surface area contributed by atoms with Gasteiger partial charge in [-0.1, -0.05) is 86.6 Å². The largest absolute Gasteiger partial charge is 0.452 e. The lowest BCUT2D eigenvalue weighted by molar-refractivity contribution is 0.173. The Kier molecular flexibility index (Phi) is 6.79. The highest BCUT2D eigenvalue weighted by molar-refractivity contribution is 9.13. The van der Waals surface area contributed by atoms with Gasteiger partial charge in [-0.3, -0.25) is 0 Å². The van der Waals surface area contributed by atoms with E-state index >= 15 is 0 Å². The molecular weight excluding hydrogens is 664 g/mol. The molecule has 212 valence electrons. The Morgan fingerprint density at radius 3 is 2.05 bits per heavy atom. The number of nitrogens with zero attached hydrogens (tertiary/aromatic N) is 2. The second kappa shape index (κ2) is 10.5. The van der Waals surface area contributed by atoms with Crippen LogP contribution in [0.25, 0.3) is 33.2 Å². The number of anilines is 3. The number of hydrogen-bond donors (Lipinski definition) is 0. The highest BCUT2D eigenvalue weighted by Gasteiger charge is 2.35. The lowest BCUT2D eigenvalue weighted by Gasteiger charge is -2.28. The Labute approximate surface area is 267 Å². The summed E-state index contributed by atoms with van der Waals surface area (Å²) < 4.78 is 7.98. The second-order valence-corrected chi connectivity index (χ2v) is 12.8. The number of carbonyl (C=O) groups is 1. The van der Waals surface area contributed by atoms with Gasteiger partial charge in [-0.15, -0.1) is 0 Å². The molecule has 1 heterocycles. The van der Waals surface area contributed by atoms with Crippen molar-refractivity contribution in [3.05, 3.63) is 135 Å². The van der Waals surface area contributed by atoms with E-state index in [1.54, 1.807) is 0 Å². The highest BCUT2D eigenvalue weighted by Crippen LogP contribution is 2.51. The third-order valence-electron chi connectivity index (χ3n) is 8.51. The van der Waals surface area contributed by atoms with Crippen molar-refractivity contribution in [2.75, 3.05) is 12.0 Å². The quantitative estimate of drug-likeness (QED) is 0.184. The van der Waals surface area contributed by atoms with Crippen LogP contribution in [-0.2, 0) is 10.2 Å². The third-order valence-corrected chi connectivity index (χ3v) is 10.6. The topological polar surface area (TPSA) is 34.5 Å². The van der Waals surface area contributed by atoms with E-state index in [9.17, 15) is 4.79 Å². The summed E-state index contributed by atoms with van der Waals surface area (Å²) in [6, 6.07) is 40.7. The van der Waals surface area contributed by atoms with Gasteiger partial charge >= 0.3 is 6.09 Å². The standard InChI is InChI=1S/C37H28Br2N2O2/c1-37(2)31-12-8-7-11-28(31)29-19-17-27(22-32(29)37)40(25-15-13-24(14-16-25)23-9-5-4-6-10-23)26-18-20-33-30(21-26)34(38)35(39)41(33)36(42)43-3/h4-22H,1-3H3. The molecule has 0 spiro atoms. The molecule has 0 unspecified atom stereocenters. The molecule has 4 nitrogen and oxygen atoms in total. The van der Waals surface area contributed by atoms with Crippen molar-refractivity contribution in [1.82, 2.24) is 4.57 Å². The van der Waals surface area contributed by atoms with Gasteiger partial charge in [-0.05, 0) is 108 Å². The smallest absolute Gasteiger partial charge is 0.419 e. The van der Waals surface area contributed by atoms with Gasteiger partial charge in [-0.25, -0.2) is 9.36 Å². The molecule has 0 saturated carbocycles. The average molecular weight is 692 g/mol. The summed E-state index contributed by atoms with van der Waals surface area (Å²) in [4.78, 5) is 14.9. The van der Waals surface area contributed by atoms with Crippen LogP contribution in [0.2, 0.25) is 0 Å². The van der Waals surface area contributed by atoms with Crippen molar-refractivity contribution >= 4 is 65.9 Å². The van der Waals surface area contributed by atoms with E-state index in [-0.39, 0.29) is 5.41 Å². The fourth-order valence-electron chi connectivity index (χ4n) is 6.33. The molecule has 0 bridgehead atoms. The summed E-state index contributed by atoms with van der Waals surface area (Å²) in [5.74, 6) is 0. The van der Waals surface area contributed by atoms with Gasteiger partial charge in [0.1, 0.15) is 4.60 Å². The van der Waals surface area contributed by atoms with E-state index < -0.39 is 6.09 Å². The monoisotopic (exact) mass is 690 g/mol. The number of ether oxygens (including phenoxy) is 1. The van der Waals surface area contributed by atoms with Crippen molar-refractivity contribution in [2.24, 2.45) is 0 Å². The maximum atomic E-state index is 12.6. The van der Waals surface area contributed by atoms with E-state index in [0.29, 0.717) is 4.60 Å². The molecule has 0 saturated heterocycles. The van der Waals surface area contributed by atoms with Crippen LogP contribution < -0.4 is 4.90 Å². The molecule has 0 aliphatic heterocycles. The van der Waals surface area contributed by atoms with Crippen molar-refractivity contribution in [2.45, 2.75) is 19.3 Å². The Bertz CT molecular complexity index is 2030. The summed E-state index contributed by atoms with van der Waals surface area (Å²) in [6.07, 6.45) is -0.455. The van der Waals surface area contributed by atoms with Gasteiger partial charge in [-0.2, -0.15) is 0 Å². The zero-order valence-corrected chi connectivity index (χ0v) is 27.1. The molecular formula is C37H28Br2N2O2. The van der Waals surface area contributed by atoms with Gasteiger partial charge in [0.2, 0.25) is 0 Å². The molecule has 0 amide bonds. The maximum absolute atomic E-state index is 12.6. The van der Waals surface area contributed by atoms with Crippen molar-refractivity contribution < 1.29 is 9.53 Å². The van der Waals surface area contributed by atoms with E-state index in [1.807, 2.05) is 12.1 Å². The number of benzene rings is 5. The van der Waals surface area contributed by atoms with Crippen LogP contribution in [0.5, 0.6) is 0 Å². The third kappa shape index (κ3) is 4.43. The van der Waals surface area contributed by atoms with Crippen molar-refractivity contribution in [3.63, 3.8) is 0 Å². The maximum Gasteiger partial charge on any atom is 0.419 e. The number of halogens is 2. The molecule has 1 aromatic heterocycles. The lowest BCUT2D eigenvalue weighted by Crippen LogP contribution is -2.16. The van der Waals surface area contributed by atoms with Gasteiger partial charge < -0.3 is 9.64 Å². The van der Waals surface area contributed by atoms with Crippen LogP contribution >= 0.6 is 31.9 Å². The number of carbonyl (C=O) groups excluding carboxylic acids is 1. The normalized spacial score (nSPS) is 13.0. The Morgan fingerprint density at radius 2 is 1.30 bits per heavy atom. The minimum absolute atomic E-state index is 0.125. The Hall–Kier alpha value is -4.13. The molecule has 1 aliphatic rings. The van der Waals surface area contributed by atoms with Crippen LogP contribution in [0.4, 0.5) is 21.9 Å². The van der Waals surface area contributed by atoms with E-state index in [0.717, 1.165) is 38.0 Å². The van der Waals surface area contributed by atoms with E-state index in [4.69, 9.17) is 4.74 Å². The SMILES string of the molecule is COC(=O)n1c(Br)c(Br)c2cc(N(c3ccc(-c4ccccc4)cc3)c3ccc4c(c3)C(C)(C)c3ccccc3-4)ccc21. The first-order valence-electron chi connectivity index (χ1n) is 14.1. The predicted molar refractivity (Wildman–Crippen MR) is 183 cm³/mol. The molecule has 0 N–H and O–H groups in total. The summed E-state index contributed by atoms with van der Waals surface area (Å²) >= 11 is 7.29. The number of methoxy groups -OCH3 is 1. The molecule has 5 aromatic carbocycles. The zero-order valence-electron chi connectivity index (χ0n) is 23.9. The van der Waals surface area contributed by atoms with Crippen LogP contribution in [0.1, 0.15) is 25.0 Å². The first kappa shape index (κ1) is 27.7. The fourth-order valence-corrected chi connectivity index (χ4v) is 7.38. The van der Waals surface area contributed by atoms with Crippen molar-refractivity contribution in [3.8, 4) is 22.3 Å². The van der Waals surface area contributed by atoms with Gasteiger partial charge in [0.25, 0.3) is 0 Å². The van der Waals surface area contributed by atoms with Gasteiger partial charge in [0, 0.05) is 27.9 Å². The van der Waals surface area contributed by atoms with Crippen molar-refractivity contribution in [1.29, 1.82) is 0 Å². The molecule has 6 heteroatoms. The molecule has 0 fully saturated rings.